The Labute approximate surface area is 117 Å². The number of benzene rings is 1. The predicted octanol–water partition coefficient (Wildman–Crippen LogP) is 3.78. The molecular formula is C15H15ClN2O. The van der Waals surface area contributed by atoms with Gasteiger partial charge in [0.15, 0.2) is 0 Å². The Hall–Kier alpha value is -1.58. The highest BCUT2D eigenvalue weighted by Crippen LogP contribution is 2.29. The molecule has 1 aromatic carbocycles. The minimum absolute atomic E-state index is 0.668. The summed E-state index contributed by atoms with van der Waals surface area (Å²) in [7, 11) is 0. The third kappa shape index (κ3) is 3.46. The largest absolute Gasteiger partial charge is 0.455 e. The summed E-state index contributed by atoms with van der Waals surface area (Å²) in [4.78, 5) is 4.04. The van der Waals surface area contributed by atoms with Gasteiger partial charge in [0.1, 0.15) is 11.5 Å². The maximum absolute atomic E-state index is 6.04. The van der Waals surface area contributed by atoms with Crippen LogP contribution in [0.15, 0.2) is 42.7 Å². The quantitative estimate of drug-likeness (QED) is 0.901. The van der Waals surface area contributed by atoms with Gasteiger partial charge in [-0.15, -0.1) is 0 Å². The number of nitrogens with zero attached hydrogens (tertiary/aromatic N) is 1. The Morgan fingerprint density at radius 2 is 2.21 bits per heavy atom. The first kappa shape index (κ1) is 12.5. The molecule has 19 heavy (non-hydrogen) atoms. The number of aromatic nitrogens is 1. The second kappa shape index (κ2) is 5.59. The van der Waals surface area contributed by atoms with Crippen molar-refractivity contribution in [3.05, 3.63) is 53.3 Å². The van der Waals surface area contributed by atoms with Crippen molar-refractivity contribution >= 4 is 11.6 Å². The molecule has 3 nitrogen and oxygen atoms in total. The Bertz CT molecular complexity index is 555. The normalized spacial score (nSPS) is 14.4. The molecule has 0 radical (unpaired) electrons. The molecule has 1 aromatic heterocycles. The van der Waals surface area contributed by atoms with Crippen LogP contribution in [0.25, 0.3) is 0 Å². The van der Waals surface area contributed by atoms with E-state index in [1.165, 1.54) is 12.8 Å². The minimum atomic E-state index is 0.668. The molecule has 0 saturated heterocycles. The van der Waals surface area contributed by atoms with Gasteiger partial charge < -0.3 is 10.1 Å². The lowest BCUT2D eigenvalue weighted by molar-refractivity contribution is 0.470. The molecular weight excluding hydrogens is 260 g/mol. The third-order valence-corrected chi connectivity index (χ3v) is 3.29. The van der Waals surface area contributed by atoms with Crippen LogP contribution in [0, 0.1) is 0 Å². The first-order valence-corrected chi connectivity index (χ1v) is 6.79. The monoisotopic (exact) mass is 274 g/mol. The van der Waals surface area contributed by atoms with Crippen molar-refractivity contribution < 1.29 is 4.74 Å². The molecule has 0 atom stereocenters. The summed E-state index contributed by atoms with van der Waals surface area (Å²) in [5.74, 6) is 1.51. The molecule has 1 fully saturated rings. The van der Waals surface area contributed by atoms with Gasteiger partial charge in [0, 0.05) is 29.4 Å². The summed E-state index contributed by atoms with van der Waals surface area (Å²) in [6, 6.07) is 10.1. The zero-order chi connectivity index (χ0) is 13.1. The first-order chi connectivity index (χ1) is 9.31. The van der Waals surface area contributed by atoms with Crippen LogP contribution in [0.3, 0.4) is 0 Å². The maximum Gasteiger partial charge on any atom is 0.145 e. The topological polar surface area (TPSA) is 34.1 Å². The third-order valence-electron chi connectivity index (χ3n) is 3.05. The lowest BCUT2D eigenvalue weighted by Gasteiger charge is -2.12. The standard InChI is InChI=1S/C15H15ClN2O/c16-12-4-3-11(9-18-13-5-6-13)15(8-12)19-14-2-1-7-17-10-14/h1-4,7-8,10,13,18H,5-6,9H2. The van der Waals surface area contributed by atoms with Crippen LogP contribution in [0.2, 0.25) is 5.02 Å². The van der Waals surface area contributed by atoms with E-state index < -0.39 is 0 Å². The highest BCUT2D eigenvalue weighted by Gasteiger charge is 2.20. The molecule has 1 saturated carbocycles. The number of halogens is 1. The highest BCUT2D eigenvalue weighted by atomic mass is 35.5. The molecule has 4 heteroatoms. The molecule has 1 heterocycles. The maximum atomic E-state index is 6.04. The van der Waals surface area contributed by atoms with Crippen molar-refractivity contribution in [1.29, 1.82) is 0 Å². The second-order valence-corrected chi connectivity index (χ2v) is 5.13. The van der Waals surface area contributed by atoms with Gasteiger partial charge in [-0.25, -0.2) is 0 Å². The van der Waals surface area contributed by atoms with Crippen LogP contribution in [-0.4, -0.2) is 11.0 Å². The lowest BCUT2D eigenvalue weighted by Crippen LogP contribution is -2.15. The number of rotatable bonds is 5. The molecule has 1 N–H and O–H groups in total. The summed E-state index contributed by atoms with van der Waals surface area (Å²) in [5, 5.41) is 4.15. The predicted molar refractivity (Wildman–Crippen MR) is 75.6 cm³/mol. The molecule has 2 aromatic rings. The highest BCUT2D eigenvalue weighted by molar-refractivity contribution is 6.30. The van der Waals surface area contributed by atoms with E-state index in [1.54, 1.807) is 12.4 Å². The van der Waals surface area contributed by atoms with Gasteiger partial charge in [-0.3, -0.25) is 4.98 Å². The van der Waals surface area contributed by atoms with Gasteiger partial charge in [-0.05, 0) is 37.1 Å². The van der Waals surface area contributed by atoms with E-state index >= 15 is 0 Å². The molecule has 1 aliphatic rings. The number of nitrogens with one attached hydrogen (secondary N) is 1. The average molecular weight is 275 g/mol. The van der Waals surface area contributed by atoms with Gasteiger partial charge in [0.25, 0.3) is 0 Å². The average Bonchev–Trinajstić information content (AvgIpc) is 3.23. The van der Waals surface area contributed by atoms with Gasteiger partial charge in [0.05, 0.1) is 6.20 Å². The fraction of sp³-hybridized carbons (Fsp3) is 0.267. The van der Waals surface area contributed by atoms with Gasteiger partial charge >= 0.3 is 0 Å². The second-order valence-electron chi connectivity index (χ2n) is 4.70. The number of pyridine rings is 1. The smallest absolute Gasteiger partial charge is 0.145 e. The SMILES string of the molecule is Clc1ccc(CNC2CC2)c(Oc2cccnc2)c1. The van der Waals surface area contributed by atoms with Crippen molar-refractivity contribution in [3.63, 3.8) is 0 Å². The molecule has 1 aliphatic carbocycles. The van der Waals surface area contributed by atoms with E-state index in [-0.39, 0.29) is 0 Å². The minimum Gasteiger partial charge on any atom is -0.455 e. The van der Waals surface area contributed by atoms with Crippen molar-refractivity contribution in [2.75, 3.05) is 0 Å². The van der Waals surface area contributed by atoms with E-state index in [0.717, 1.165) is 23.6 Å². The Kier molecular flexibility index (Phi) is 3.67. The van der Waals surface area contributed by atoms with E-state index in [1.807, 2.05) is 30.3 Å². The summed E-state index contributed by atoms with van der Waals surface area (Å²) in [6.45, 7) is 0.803. The molecule has 98 valence electrons. The van der Waals surface area contributed by atoms with Gasteiger partial charge in [-0.1, -0.05) is 17.7 Å². The van der Waals surface area contributed by atoms with Crippen molar-refractivity contribution in [3.8, 4) is 11.5 Å². The molecule has 0 unspecified atom stereocenters. The Morgan fingerprint density at radius 1 is 1.32 bits per heavy atom. The van der Waals surface area contributed by atoms with E-state index in [2.05, 4.69) is 10.3 Å². The van der Waals surface area contributed by atoms with Crippen molar-refractivity contribution in [1.82, 2.24) is 10.3 Å². The summed E-state index contributed by atoms with van der Waals surface area (Å²) in [5.41, 5.74) is 1.11. The van der Waals surface area contributed by atoms with Crippen LogP contribution in [0.1, 0.15) is 18.4 Å². The molecule has 0 spiro atoms. The van der Waals surface area contributed by atoms with Gasteiger partial charge in [-0.2, -0.15) is 0 Å². The fourth-order valence-corrected chi connectivity index (χ4v) is 2.01. The Morgan fingerprint density at radius 3 is 2.95 bits per heavy atom. The summed E-state index contributed by atoms with van der Waals surface area (Å²) >= 11 is 6.04. The summed E-state index contributed by atoms with van der Waals surface area (Å²) in [6.07, 6.45) is 5.96. The van der Waals surface area contributed by atoms with Crippen molar-refractivity contribution in [2.24, 2.45) is 0 Å². The van der Waals surface area contributed by atoms with E-state index in [4.69, 9.17) is 16.3 Å². The first-order valence-electron chi connectivity index (χ1n) is 6.41. The fourth-order valence-electron chi connectivity index (χ4n) is 1.85. The zero-order valence-corrected chi connectivity index (χ0v) is 11.2. The van der Waals surface area contributed by atoms with Crippen LogP contribution >= 0.6 is 11.6 Å². The zero-order valence-electron chi connectivity index (χ0n) is 10.5. The van der Waals surface area contributed by atoms with Crippen LogP contribution in [0.4, 0.5) is 0 Å². The molecule has 0 bridgehead atoms. The van der Waals surface area contributed by atoms with E-state index in [0.29, 0.717) is 11.1 Å². The van der Waals surface area contributed by atoms with Crippen molar-refractivity contribution in [2.45, 2.75) is 25.4 Å². The number of hydrogen-bond acceptors (Lipinski definition) is 3. The van der Waals surface area contributed by atoms with Crippen LogP contribution in [-0.2, 0) is 6.54 Å². The lowest BCUT2D eigenvalue weighted by atomic mass is 10.2. The van der Waals surface area contributed by atoms with E-state index in [9.17, 15) is 0 Å². The van der Waals surface area contributed by atoms with Gasteiger partial charge in [0.2, 0.25) is 0 Å². The summed E-state index contributed by atoms with van der Waals surface area (Å²) < 4.78 is 5.86. The number of ether oxygens (including phenoxy) is 1. The Balaban J connectivity index is 1.78. The molecule has 0 amide bonds. The molecule has 0 aliphatic heterocycles. The van der Waals surface area contributed by atoms with Crippen LogP contribution < -0.4 is 10.1 Å². The van der Waals surface area contributed by atoms with Crippen LogP contribution in [0.5, 0.6) is 11.5 Å². The number of hydrogen-bond donors (Lipinski definition) is 1. The molecule has 3 rings (SSSR count).